The Labute approximate surface area is 359 Å². The van der Waals surface area contributed by atoms with Crippen LogP contribution >= 0.6 is 0 Å². The van der Waals surface area contributed by atoms with Gasteiger partial charge < -0.3 is 14.9 Å². The number of fused-ring (bicyclic) bond motifs is 4. The molecule has 5 fully saturated rings. The lowest BCUT2D eigenvalue weighted by atomic mass is 9.34. The number of aliphatic hydroxyl groups is 2. The summed E-state index contributed by atoms with van der Waals surface area (Å²) < 4.78 is 6.04. The maximum absolute atomic E-state index is 15.2. The summed E-state index contributed by atoms with van der Waals surface area (Å²) in [6.07, 6.45) is 13.5. The second kappa shape index (κ2) is 13.6. The average Bonchev–Trinajstić information content (AvgIpc) is 3.43. The molecule has 7 nitrogen and oxygen atoms in total. The minimum Gasteiger partial charge on any atom is -0.392 e. The van der Waals surface area contributed by atoms with E-state index < -0.39 is 28.5 Å². The number of Topliss-reactive ketones (excluding diaryl/α,β-unsaturated/α-hetero) is 2. The van der Waals surface area contributed by atoms with Crippen LogP contribution in [0, 0.1) is 51.8 Å². The molecule has 1 aromatic carbocycles. The van der Waals surface area contributed by atoms with E-state index in [0.29, 0.717) is 37.5 Å². The Morgan fingerprint density at radius 1 is 0.933 bits per heavy atom. The highest BCUT2D eigenvalue weighted by Crippen LogP contribution is 2.75. The van der Waals surface area contributed by atoms with E-state index in [1.165, 1.54) is 76.1 Å². The Kier molecular flexibility index (Phi) is 9.40. The van der Waals surface area contributed by atoms with Crippen molar-refractivity contribution in [1.29, 1.82) is 0 Å². The lowest BCUT2D eigenvalue weighted by Crippen LogP contribution is -3.10. The molecule has 4 saturated carbocycles. The molecule has 3 N–H and O–H groups in total. The number of epoxide rings is 1. The number of benzene rings is 1. The number of ether oxygens (including phenoxy) is 1. The molecule has 0 aromatic heterocycles. The molecule has 1 aromatic rings. The molecule has 1 unspecified atom stereocenters. The fourth-order valence-electron chi connectivity index (χ4n) is 16.3. The van der Waals surface area contributed by atoms with Gasteiger partial charge in [-0.15, -0.1) is 0 Å². The van der Waals surface area contributed by atoms with E-state index in [2.05, 4.69) is 72.9 Å². The minimum absolute atomic E-state index is 0.0600. The molecule has 60 heavy (non-hydrogen) atoms. The number of aryl methyl sites for hydroxylation is 1. The molecule has 5 aliphatic carbocycles. The monoisotopic (exact) mass is 818 g/mol. The fourth-order valence-corrected chi connectivity index (χ4v) is 16.3. The van der Waals surface area contributed by atoms with Crippen LogP contribution in [0.15, 0.2) is 56.9 Å². The molecule has 1 saturated heterocycles. The van der Waals surface area contributed by atoms with Gasteiger partial charge in [-0.2, -0.15) is 0 Å². The number of hydrogen-bond acceptors (Lipinski definition) is 6. The first-order valence-corrected chi connectivity index (χ1v) is 24.0. The third-order valence-electron chi connectivity index (χ3n) is 19.4. The Morgan fingerprint density at radius 2 is 1.67 bits per heavy atom. The predicted molar refractivity (Wildman–Crippen MR) is 236 cm³/mol. The smallest absolute Gasteiger partial charge is 0.162 e. The number of aliphatic imine (C=N–C) groups is 1. The standard InChI is InChI=1S/C53H72N2O5/c1-30-21-31(23-34(22-30)32-13-11-10-12-14-32)24-35-28-55-29-36-41-42(50(6,25-38(57)47-49(4,5)60-47)18-15-33-27-54-43(35)44(33)55)37(56)26-53(41,9)52(8)20-16-39-48(2,3)40(58)17-19-51(39,7)46(52)45(36)59/h21-23,27,32,36,38-39,45-47,57,59H,10-20,24-26,28-29H2,1-9H3/p+1/t36-,38-,39+,45-,46+,47+,50+,51+,52+,53+/m1/s1. The van der Waals surface area contributed by atoms with Gasteiger partial charge in [0, 0.05) is 53.0 Å². The summed E-state index contributed by atoms with van der Waals surface area (Å²) in [6, 6.07) is 7.29. The molecule has 11 atom stereocenters. The largest absolute Gasteiger partial charge is 0.392 e. The van der Waals surface area contributed by atoms with Crippen molar-refractivity contribution in [2.45, 2.75) is 182 Å². The number of carbonyl (C=O) groups is 2. The number of nitrogens with one attached hydrogen (secondary N) is 1. The van der Waals surface area contributed by atoms with Crippen molar-refractivity contribution < 1.29 is 29.4 Å². The van der Waals surface area contributed by atoms with Crippen molar-refractivity contribution in [2.24, 2.45) is 49.8 Å². The first-order valence-electron chi connectivity index (χ1n) is 24.0. The van der Waals surface area contributed by atoms with Crippen LogP contribution < -0.4 is 4.90 Å². The van der Waals surface area contributed by atoms with E-state index in [1.807, 2.05) is 13.8 Å². The maximum atomic E-state index is 15.2. The molecule has 9 aliphatic rings. The van der Waals surface area contributed by atoms with Crippen LogP contribution in [-0.4, -0.2) is 65.0 Å². The van der Waals surface area contributed by atoms with E-state index in [1.54, 1.807) is 0 Å². The van der Waals surface area contributed by atoms with Crippen LogP contribution in [0.2, 0.25) is 0 Å². The third kappa shape index (κ3) is 5.89. The normalized spacial score (nSPS) is 42.2. The zero-order chi connectivity index (χ0) is 42.5. The molecule has 0 bridgehead atoms. The van der Waals surface area contributed by atoms with Gasteiger partial charge in [0.05, 0.1) is 30.3 Å². The highest BCUT2D eigenvalue weighted by Gasteiger charge is 2.73. The van der Waals surface area contributed by atoms with Gasteiger partial charge in [0.1, 0.15) is 24.1 Å². The summed E-state index contributed by atoms with van der Waals surface area (Å²) >= 11 is 0. The van der Waals surface area contributed by atoms with Gasteiger partial charge in [-0.3, -0.25) is 14.5 Å². The predicted octanol–water partition coefficient (Wildman–Crippen LogP) is 8.50. The van der Waals surface area contributed by atoms with Gasteiger partial charge in [0.2, 0.25) is 0 Å². The molecule has 4 heterocycles. The van der Waals surface area contributed by atoms with Gasteiger partial charge in [-0.05, 0) is 123 Å². The van der Waals surface area contributed by atoms with Gasteiger partial charge in [0.25, 0.3) is 0 Å². The topological polar surface area (TPSA) is 104 Å². The Balaban J connectivity index is 1.09. The van der Waals surface area contributed by atoms with Gasteiger partial charge in [-0.1, -0.05) is 84.6 Å². The summed E-state index contributed by atoms with van der Waals surface area (Å²) in [5, 5.41) is 25.5. The van der Waals surface area contributed by atoms with Gasteiger partial charge in [-0.25, -0.2) is 4.99 Å². The first-order chi connectivity index (χ1) is 28.2. The summed E-state index contributed by atoms with van der Waals surface area (Å²) in [5.41, 5.74) is 8.90. The number of nitrogens with zero attached hydrogens (tertiary/aromatic N) is 1. The zero-order valence-electron chi connectivity index (χ0n) is 38.2. The van der Waals surface area contributed by atoms with Crippen molar-refractivity contribution in [2.75, 3.05) is 13.1 Å². The fraction of sp³-hybridized carbons (Fsp3) is 0.717. The van der Waals surface area contributed by atoms with E-state index in [9.17, 15) is 15.0 Å². The number of quaternary nitrogens is 1. The number of rotatable bonds is 6. The molecule has 0 amide bonds. The summed E-state index contributed by atoms with van der Waals surface area (Å²) in [4.78, 5) is 35.4. The quantitative estimate of drug-likeness (QED) is 0.250. The van der Waals surface area contributed by atoms with Crippen LogP contribution in [0.1, 0.15) is 161 Å². The molecule has 7 heteroatoms. The lowest BCUT2D eigenvalue weighted by molar-refractivity contribution is -0.852. The zero-order valence-corrected chi connectivity index (χ0v) is 38.2. The maximum Gasteiger partial charge on any atom is 0.162 e. The van der Waals surface area contributed by atoms with Crippen molar-refractivity contribution in [3.05, 3.63) is 68.6 Å². The number of carbonyl (C=O) groups excluding carboxylic acids is 2. The van der Waals surface area contributed by atoms with E-state index in [0.717, 1.165) is 56.3 Å². The van der Waals surface area contributed by atoms with E-state index in [4.69, 9.17) is 9.73 Å². The second-order valence-corrected chi connectivity index (χ2v) is 23.8. The van der Waals surface area contributed by atoms with Crippen LogP contribution in [0.5, 0.6) is 0 Å². The summed E-state index contributed by atoms with van der Waals surface area (Å²) in [6.45, 7) is 21.6. The molecule has 4 aliphatic heterocycles. The van der Waals surface area contributed by atoms with Crippen LogP contribution in [0.4, 0.5) is 0 Å². The van der Waals surface area contributed by atoms with E-state index in [-0.39, 0.29) is 46.1 Å². The Morgan fingerprint density at radius 3 is 2.38 bits per heavy atom. The van der Waals surface area contributed by atoms with Gasteiger partial charge >= 0.3 is 0 Å². The van der Waals surface area contributed by atoms with E-state index >= 15 is 4.79 Å². The summed E-state index contributed by atoms with van der Waals surface area (Å²) in [5.74, 6) is 1.09. The highest BCUT2D eigenvalue weighted by atomic mass is 16.6. The first kappa shape index (κ1) is 41.3. The highest BCUT2D eigenvalue weighted by molar-refractivity contribution is 6.02. The lowest BCUT2D eigenvalue weighted by Gasteiger charge is -2.70. The van der Waals surface area contributed by atoms with Gasteiger partial charge in [0.15, 0.2) is 11.5 Å². The molecule has 324 valence electrons. The van der Waals surface area contributed by atoms with Crippen molar-refractivity contribution in [3.63, 3.8) is 0 Å². The second-order valence-electron chi connectivity index (χ2n) is 23.8. The SMILES string of the molecule is Cc1cc(CC2=C3N=CC4=C3[NH+](C2)C[C@@H]2C3=C(C(=O)C[C@]3(C)[C@@]3(C)CC[C@H]5C(C)(C)C(=O)CC[C@]5(C)[C@@H]3[C@@H]2O)[C@](C)(C[C@@H](O)[C@@H]2OC2(C)C)CC4)cc(C2CCCCC2)c1. The van der Waals surface area contributed by atoms with Crippen molar-refractivity contribution in [1.82, 2.24) is 0 Å². The number of allylic oxidation sites excluding steroid dienone is 2. The minimum atomic E-state index is -0.703. The molecule has 0 spiro atoms. The number of ketones is 2. The molecular formula is C53H73N2O5+. The summed E-state index contributed by atoms with van der Waals surface area (Å²) in [7, 11) is 0. The Bertz CT molecular complexity index is 2170. The average molecular weight is 818 g/mol. The molecular weight excluding hydrogens is 745 g/mol. The van der Waals surface area contributed by atoms with Crippen molar-refractivity contribution in [3.8, 4) is 0 Å². The number of hydrogen-bond donors (Lipinski definition) is 3. The molecule has 10 rings (SSSR count). The van der Waals surface area contributed by atoms with Crippen LogP contribution in [-0.2, 0) is 20.7 Å². The van der Waals surface area contributed by atoms with Crippen LogP contribution in [0.25, 0.3) is 0 Å². The van der Waals surface area contributed by atoms with Crippen molar-refractivity contribution >= 4 is 17.8 Å². The van der Waals surface area contributed by atoms with Crippen LogP contribution in [0.3, 0.4) is 0 Å². The number of aliphatic hydroxyl groups excluding tert-OH is 2. The molecule has 0 radical (unpaired) electrons. The Hall–Kier alpha value is -2.71. The third-order valence-corrected chi connectivity index (χ3v) is 19.4.